The lowest BCUT2D eigenvalue weighted by Gasteiger charge is -1.96. The summed E-state index contributed by atoms with van der Waals surface area (Å²) in [6.45, 7) is 2.20. The van der Waals surface area contributed by atoms with Gasteiger partial charge in [-0.15, -0.1) is 0 Å². The van der Waals surface area contributed by atoms with Gasteiger partial charge in [-0.1, -0.05) is 61.9 Å². The van der Waals surface area contributed by atoms with E-state index in [2.05, 4.69) is 66.5 Å². The first-order valence-electron chi connectivity index (χ1n) is 6.56. The van der Waals surface area contributed by atoms with Crippen LogP contribution in [0.1, 0.15) is 25.3 Å². The fourth-order valence-electron chi connectivity index (χ4n) is 2.41. The monoisotopic (exact) mass is 235 g/mol. The van der Waals surface area contributed by atoms with Gasteiger partial charge in [-0.05, 0) is 18.1 Å². The lowest BCUT2D eigenvalue weighted by atomic mass is 10.1. The number of unbranched alkanes of at least 4 members (excludes halogenated alkanes) is 1. The summed E-state index contributed by atoms with van der Waals surface area (Å²) in [4.78, 5) is 3.52. The molecule has 1 aromatic heterocycles. The highest BCUT2D eigenvalue weighted by atomic mass is 14.7. The second-order valence-corrected chi connectivity index (χ2v) is 4.63. The molecule has 2 aromatic carbocycles. The molecule has 0 atom stereocenters. The predicted molar refractivity (Wildman–Crippen MR) is 79.7 cm³/mol. The molecule has 0 aliphatic rings. The Bertz CT molecular complexity index is 704. The van der Waals surface area contributed by atoms with Gasteiger partial charge in [-0.3, -0.25) is 0 Å². The number of H-pyrrole nitrogens is 1. The van der Waals surface area contributed by atoms with Crippen molar-refractivity contribution in [1.29, 1.82) is 0 Å². The largest absolute Gasteiger partial charge is 0.354 e. The Morgan fingerprint density at radius 3 is 2.72 bits per heavy atom. The van der Waals surface area contributed by atoms with Gasteiger partial charge in [-0.2, -0.15) is 0 Å². The Morgan fingerprint density at radius 1 is 1.00 bits per heavy atom. The summed E-state index contributed by atoms with van der Waals surface area (Å²) >= 11 is 0. The third kappa shape index (κ3) is 1.82. The summed E-state index contributed by atoms with van der Waals surface area (Å²) in [5.74, 6) is 0. The van der Waals surface area contributed by atoms with E-state index < -0.39 is 0 Å². The maximum absolute atomic E-state index is 3.52. The number of aromatic amines is 1. The Labute approximate surface area is 107 Å². The SMILES string of the molecule is CCC/C=C/c1cccc2c1[nH]c1ccccc12. The van der Waals surface area contributed by atoms with Crippen molar-refractivity contribution >= 4 is 27.9 Å². The molecule has 0 bridgehead atoms. The molecule has 0 unspecified atom stereocenters. The van der Waals surface area contributed by atoms with Crippen molar-refractivity contribution < 1.29 is 0 Å². The number of aromatic nitrogens is 1. The molecule has 0 saturated heterocycles. The summed E-state index contributed by atoms with van der Waals surface area (Å²) in [5.41, 5.74) is 3.73. The third-order valence-corrected chi connectivity index (χ3v) is 3.33. The smallest absolute Gasteiger partial charge is 0.0538 e. The van der Waals surface area contributed by atoms with E-state index in [1.165, 1.54) is 33.8 Å². The van der Waals surface area contributed by atoms with Crippen LogP contribution >= 0.6 is 0 Å². The zero-order chi connectivity index (χ0) is 12.4. The minimum atomic E-state index is 1.14. The minimum Gasteiger partial charge on any atom is -0.354 e. The lowest BCUT2D eigenvalue weighted by Crippen LogP contribution is -1.75. The van der Waals surface area contributed by atoms with Crippen molar-refractivity contribution in [3.8, 4) is 0 Å². The molecule has 90 valence electrons. The number of nitrogens with one attached hydrogen (secondary N) is 1. The first-order valence-corrected chi connectivity index (χ1v) is 6.56. The number of hydrogen-bond acceptors (Lipinski definition) is 0. The van der Waals surface area contributed by atoms with E-state index in [-0.39, 0.29) is 0 Å². The van der Waals surface area contributed by atoms with Gasteiger partial charge in [0, 0.05) is 16.3 Å². The molecule has 0 saturated carbocycles. The average molecular weight is 235 g/mol. The Kier molecular flexibility index (Phi) is 2.89. The van der Waals surface area contributed by atoms with E-state index in [4.69, 9.17) is 0 Å². The Balaban J connectivity index is 2.21. The van der Waals surface area contributed by atoms with Crippen LogP contribution in [0.25, 0.3) is 27.9 Å². The molecule has 0 radical (unpaired) electrons. The molecule has 3 aromatic rings. The second-order valence-electron chi connectivity index (χ2n) is 4.63. The van der Waals surface area contributed by atoms with Crippen LogP contribution in [0.3, 0.4) is 0 Å². The maximum Gasteiger partial charge on any atom is 0.0538 e. The first-order chi connectivity index (χ1) is 8.90. The van der Waals surface area contributed by atoms with E-state index in [1.807, 2.05) is 0 Å². The molecule has 1 N–H and O–H groups in total. The van der Waals surface area contributed by atoms with Crippen molar-refractivity contribution in [1.82, 2.24) is 4.98 Å². The van der Waals surface area contributed by atoms with Crippen molar-refractivity contribution in [2.75, 3.05) is 0 Å². The van der Waals surface area contributed by atoms with E-state index in [9.17, 15) is 0 Å². The highest BCUT2D eigenvalue weighted by molar-refractivity contribution is 6.09. The van der Waals surface area contributed by atoms with Gasteiger partial charge in [0.15, 0.2) is 0 Å². The fourth-order valence-corrected chi connectivity index (χ4v) is 2.41. The summed E-state index contributed by atoms with van der Waals surface area (Å²) in [6, 6.07) is 15.0. The topological polar surface area (TPSA) is 15.8 Å². The van der Waals surface area contributed by atoms with E-state index in [0.29, 0.717) is 0 Å². The van der Waals surface area contributed by atoms with E-state index >= 15 is 0 Å². The summed E-state index contributed by atoms with van der Waals surface area (Å²) in [5, 5.41) is 2.61. The number of para-hydroxylation sites is 2. The van der Waals surface area contributed by atoms with Crippen LogP contribution < -0.4 is 0 Å². The zero-order valence-corrected chi connectivity index (χ0v) is 10.6. The molecular formula is C17H17N. The normalized spacial score (nSPS) is 11.8. The summed E-state index contributed by atoms with van der Waals surface area (Å²) in [7, 11) is 0. The number of benzene rings is 2. The molecule has 1 nitrogen and oxygen atoms in total. The van der Waals surface area contributed by atoms with Crippen LogP contribution in [-0.2, 0) is 0 Å². The quantitative estimate of drug-likeness (QED) is 0.647. The van der Waals surface area contributed by atoms with Gasteiger partial charge < -0.3 is 4.98 Å². The zero-order valence-electron chi connectivity index (χ0n) is 10.6. The highest BCUT2D eigenvalue weighted by Gasteiger charge is 2.05. The minimum absolute atomic E-state index is 1.14. The molecule has 0 amide bonds. The number of fused-ring (bicyclic) bond motifs is 3. The standard InChI is InChI=1S/C17H17N/c1-2-3-4-8-13-9-7-11-15-14-10-5-6-12-16(14)18-17(13)15/h4-12,18H,2-3H2,1H3/b8-4+. The van der Waals surface area contributed by atoms with Crippen LogP contribution in [0.4, 0.5) is 0 Å². The van der Waals surface area contributed by atoms with Gasteiger partial charge in [0.25, 0.3) is 0 Å². The first kappa shape index (κ1) is 11.1. The lowest BCUT2D eigenvalue weighted by molar-refractivity contribution is 0.962. The summed E-state index contributed by atoms with van der Waals surface area (Å²) < 4.78 is 0. The van der Waals surface area contributed by atoms with E-state index in [0.717, 1.165) is 6.42 Å². The molecule has 1 heterocycles. The van der Waals surface area contributed by atoms with Gasteiger partial charge in [0.2, 0.25) is 0 Å². The van der Waals surface area contributed by atoms with Gasteiger partial charge >= 0.3 is 0 Å². The highest BCUT2D eigenvalue weighted by Crippen LogP contribution is 2.28. The van der Waals surface area contributed by atoms with E-state index in [1.54, 1.807) is 0 Å². The fraction of sp³-hybridized carbons (Fsp3) is 0.176. The molecule has 3 rings (SSSR count). The molecule has 18 heavy (non-hydrogen) atoms. The average Bonchev–Trinajstić information content (AvgIpc) is 2.79. The molecule has 0 aliphatic carbocycles. The van der Waals surface area contributed by atoms with Crippen molar-refractivity contribution in [3.05, 3.63) is 54.1 Å². The van der Waals surface area contributed by atoms with Gasteiger partial charge in [-0.25, -0.2) is 0 Å². The van der Waals surface area contributed by atoms with Crippen molar-refractivity contribution in [3.63, 3.8) is 0 Å². The maximum atomic E-state index is 3.52. The van der Waals surface area contributed by atoms with Crippen LogP contribution in [0.15, 0.2) is 48.5 Å². The third-order valence-electron chi connectivity index (χ3n) is 3.33. The summed E-state index contributed by atoms with van der Waals surface area (Å²) in [6.07, 6.45) is 6.80. The van der Waals surface area contributed by atoms with Crippen molar-refractivity contribution in [2.24, 2.45) is 0 Å². The Morgan fingerprint density at radius 2 is 1.83 bits per heavy atom. The second kappa shape index (κ2) is 4.69. The van der Waals surface area contributed by atoms with Gasteiger partial charge in [0.1, 0.15) is 0 Å². The predicted octanol–water partition coefficient (Wildman–Crippen LogP) is 5.13. The molecule has 1 heteroatoms. The van der Waals surface area contributed by atoms with Crippen LogP contribution in [-0.4, -0.2) is 4.98 Å². The van der Waals surface area contributed by atoms with Gasteiger partial charge in [0.05, 0.1) is 5.52 Å². The van der Waals surface area contributed by atoms with Crippen LogP contribution in [0, 0.1) is 0 Å². The number of rotatable bonds is 3. The molecule has 0 aliphatic heterocycles. The molecule has 0 fully saturated rings. The van der Waals surface area contributed by atoms with Crippen molar-refractivity contribution in [2.45, 2.75) is 19.8 Å². The number of allylic oxidation sites excluding steroid dienone is 1. The molecule has 0 spiro atoms. The molecular weight excluding hydrogens is 218 g/mol. The number of hydrogen-bond donors (Lipinski definition) is 1. The Hall–Kier alpha value is -2.02. The van der Waals surface area contributed by atoms with Crippen LogP contribution in [0.5, 0.6) is 0 Å². The van der Waals surface area contributed by atoms with Crippen LogP contribution in [0.2, 0.25) is 0 Å².